The van der Waals surface area contributed by atoms with Crippen LogP contribution >= 0.6 is 0 Å². The smallest absolute Gasteiger partial charge is 0.224 e. The van der Waals surface area contributed by atoms with E-state index < -0.39 is 0 Å². The topological polar surface area (TPSA) is 79.8 Å². The van der Waals surface area contributed by atoms with Gasteiger partial charge in [0.15, 0.2) is 5.78 Å². The van der Waals surface area contributed by atoms with Gasteiger partial charge in [-0.15, -0.1) is 0 Å². The van der Waals surface area contributed by atoms with Gasteiger partial charge in [0.05, 0.1) is 18.7 Å². The first-order chi connectivity index (χ1) is 13.6. The molecule has 1 aromatic carbocycles. The highest BCUT2D eigenvalue weighted by Gasteiger charge is 2.29. The van der Waals surface area contributed by atoms with Gasteiger partial charge in [0.1, 0.15) is 0 Å². The summed E-state index contributed by atoms with van der Waals surface area (Å²) >= 11 is 0. The van der Waals surface area contributed by atoms with Gasteiger partial charge in [-0.05, 0) is 37.0 Å². The molecule has 6 heteroatoms. The van der Waals surface area contributed by atoms with Crippen molar-refractivity contribution in [3.8, 4) is 0 Å². The summed E-state index contributed by atoms with van der Waals surface area (Å²) in [6.07, 6.45) is 4.19. The molecular weight excluding hydrogens is 352 g/mol. The maximum absolute atomic E-state index is 12.7. The number of aromatic nitrogens is 3. The Morgan fingerprint density at radius 1 is 1.21 bits per heavy atom. The highest BCUT2D eigenvalue weighted by molar-refractivity contribution is 6.01. The van der Waals surface area contributed by atoms with Crippen molar-refractivity contribution in [1.29, 1.82) is 0 Å². The lowest BCUT2D eigenvalue weighted by Gasteiger charge is -2.16. The number of hydrogen-bond acceptors (Lipinski definition) is 3. The summed E-state index contributed by atoms with van der Waals surface area (Å²) in [5.41, 5.74) is 5.78. The van der Waals surface area contributed by atoms with Gasteiger partial charge < -0.3 is 9.88 Å². The second-order valence-corrected chi connectivity index (χ2v) is 7.27. The van der Waals surface area contributed by atoms with Crippen molar-refractivity contribution < 1.29 is 9.59 Å². The third-order valence-corrected chi connectivity index (χ3v) is 5.41. The minimum Gasteiger partial charge on any atom is -0.350 e. The van der Waals surface area contributed by atoms with E-state index in [1.807, 2.05) is 31.2 Å². The van der Waals surface area contributed by atoms with Gasteiger partial charge in [-0.1, -0.05) is 30.3 Å². The van der Waals surface area contributed by atoms with E-state index >= 15 is 0 Å². The predicted molar refractivity (Wildman–Crippen MR) is 106 cm³/mol. The number of nitrogens with zero attached hydrogens (tertiary/aromatic N) is 2. The van der Waals surface area contributed by atoms with E-state index in [1.165, 1.54) is 5.56 Å². The van der Waals surface area contributed by atoms with Crippen molar-refractivity contribution in [3.05, 3.63) is 76.4 Å². The van der Waals surface area contributed by atoms with Crippen LogP contribution in [0.3, 0.4) is 0 Å². The number of hydrogen-bond donors (Lipinski definition) is 2. The summed E-state index contributed by atoms with van der Waals surface area (Å²) in [5.74, 6) is 0.0725. The molecule has 0 unspecified atom stereocenters. The quantitative estimate of drug-likeness (QED) is 0.694. The molecule has 0 bridgehead atoms. The summed E-state index contributed by atoms with van der Waals surface area (Å²) in [6, 6.07) is 12.1. The SMILES string of the molecule is Cc1c(CC(=O)NCc2ccn[nH]2)c2c(n1Cc1ccccc1)CCCC2=O. The largest absolute Gasteiger partial charge is 0.350 e. The van der Waals surface area contributed by atoms with E-state index in [2.05, 4.69) is 32.2 Å². The van der Waals surface area contributed by atoms with Crippen LogP contribution in [0.5, 0.6) is 0 Å². The van der Waals surface area contributed by atoms with E-state index in [-0.39, 0.29) is 18.1 Å². The first-order valence-corrected chi connectivity index (χ1v) is 9.66. The van der Waals surface area contributed by atoms with Gasteiger partial charge in [0.25, 0.3) is 0 Å². The molecule has 1 aliphatic carbocycles. The van der Waals surface area contributed by atoms with Crippen molar-refractivity contribution in [2.75, 3.05) is 0 Å². The lowest BCUT2D eigenvalue weighted by Crippen LogP contribution is -2.25. The highest BCUT2D eigenvalue weighted by atomic mass is 16.1. The third kappa shape index (κ3) is 3.63. The maximum atomic E-state index is 12.7. The normalized spacial score (nSPS) is 13.4. The number of H-pyrrole nitrogens is 1. The molecule has 0 radical (unpaired) electrons. The Kier molecular flexibility index (Phi) is 5.10. The van der Waals surface area contributed by atoms with Crippen molar-refractivity contribution in [3.63, 3.8) is 0 Å². The number of ketones is 1. The fourth-order valence-corrected chi connectivity index (χ4v) is 3.98. The Hall–Kier alpha value is -3.15. The number of carbonyl (C=O) groups excluding carboxylic acids is 2. The summed E-state index contributed by atoms with van der Waals surface area (Å²) in [6.45, 7) is 3.14. The van der Waals surface area contributed by atoms with E-state index in [0.29, 0.717) is 13.0 Å². The average Bonchev–Trinajstić information content (AvgIpc) is 3.31. The molecule has 0 saturated heterocycles. The Bertz CT molecular complexity index is 987. The first kappa shape index (κ1) is 18.2. The molecule has 28 heavy (non-hydrogen) atoms. The van der Waals surface area contributed by atoms with Gasteiger partial charge in [-0.2, -0.15) is 5.10 Å². The minimum absolute atomic E-state index is 0.0873. The fourth-order valence-electron chi connectivity index (χ4n) is 3.98. The molecular formula is C22H24N4O2. The van der Waals surface area contributed by atoms with Crippen LogP contribution in [0.25, 0.3) is 0 Å². The molecule has 2 N–H and O–H groups in total. The van der Waals surface area contributed by atoms with E-state index in [4.69, 9.17) is 0 Å². The molecule has 2 aromatic heterocycles. The number of Topliss-reactive ketones (excluding diaryl/α,β-unsaturated/α-hetero) is 1. The average molecular weight is 376 g/mol. The standard InChI is InChI=1S/C22H24N4O2/c1-15-18(12-21(28)23-13-17-10-11-24-25-17)22-19(8-5-9-20(22)27)26(15)14-16-6-3-2-4-7-16/h2-4,6-7,10-11H,5,8-9,12-14H2,1H3,(H,23,28)(H,24,25). The van der Waals surface area contributed by atoms with Crippen LogP contribution in [-0.2, 0) is 30.7 Å². The molecule has 0 aliphatic heterocycles. The zero-order valence-electron chi connectivity index (χ0n) is 16.0. The Morgan fingerprint density at radius 3 is 2.79 bits per heavy atom. The Balaban J connectivity index is 1.61. The van der Waals surface area contributed by atoms with Crippen LogP contribution in [0.1, 0.15) is 51.4 Å². The van der Waals surface area contributed by atoms with Gasteiger partial charge >= 0.3 is 0 Å². The number of aromatic amines is 1. The van der Waals surface area contributed by atoms with Crippen LogP contribution in [0.2, 0.25) is 0 Å². The highest BCUT2D eigenvalue weighted by Crippen LogP contribution is 2.31. The van der Waals surface area contributed by atoms with Crippen LogP contribution in [0.4, 0.5) is 0 Å². The Morgan fingerprint density at radius 2 is 2.04 bits per heavy atom. The predicted octanol–water partition coefficient (Wildman–Crippen LogP) is 2.95. The van der Waals surface area contributed by atoms with Crippen LogP contribution in [0.15, 0.2) is 42.6 Å². The van der Waals surface area contributed by atoms with Gasteiger partial charge in [-0.25, -0.2) is 0 Å². The minimum atomic E-state index is -0.0873. The zero-order chi connectivity index (χ0) is 19.5. The number of nitrogens with one attached hydrogen (secondary N) is 2. The van der Waals surface area contributed by atoms with E-state index in [1.54, 1.807) is 6.20 Å². The number of carbonyl (C=O) groups is 2. The molecule has 144 valence electrons. The van der Waals surface area contributed by atoms with Gasteiger partial charge in [-0.3, -0.25) is 14.7 Å². The summed E-state index contributed by atoms with van der Waals surface area (Å²) in [5, 5.41) is 9.63. The molecule has 2 heterocycles. The molecule has 1 aliphatic rings. The monoisotopic (exact) mass is 376 g/mol. The second kappa shape index (κ2) is 7.84. The van der Waals surface area contributed by atoms with Crippen LogP contribution < -0.4 is 5.32 Å². The van der Waals surface area contributed by atoms with Crippen molar-refractivity contribution in [1.82, 2.24) is 20.1 Å². The zero-order valence-corrected chi connectivity index (χ0v) is 16.0. The fraction of sp³-hybridized carbons (Fsp3) is 0.318. The lowest BCUT2D eigenvalue weighted by molar-refractivity contribution is -0.120. The van der Waals surface area contributed by atoms with Crippen molar-refractivity contribution >= 4 is 11.7 Å². The molecule has 0 atom stereocenters. The molecule has 3 aromatic rings. The van der Waals surface area contributed by atoms with E-state index in [9.17, 15) is 9.59 Å². The second-order valence-electron chi connectivity index (χ2n) is 7.27. The van der Waals surface area contributed by atoms with Crippen LogP contribution in [0, 0.1) is 6.92 Å². The van der Waals surface area contributed by atoms with E-state index in [0.717, 1.165) is 47.6 Å². The summed E-state index contributed by atoms with van der Waals surface area (Å²) in [4.78, 5) is 25.2. The number of amides is 1. The van der Waals surface area contributed by atoms with Gasteiger partial charge in [0, 0.05) is 36.1 Å². The molecule has 0 fully saturated rings. The molecule has 4 rings (SSSR count). The Labute approximate surface area is 164 Å². The maximum Gasteiger partial charge on any atom is 0.224 e. The van der Waals surface area contributed by atoms with Crippen LogP contribution in [-0.4, -0.2) is 26.5 Å². The first-order valence-electron chi connectivity index (χ1n) is 9.66. The molecule has 0 spiro atoms. The molecule has 0 saturated carbocycles. The van der Waals surface area contributed by atoms with Gasteiger partial charge in [0.2, 0.25) is 5.91 Å². The lowest BCUT2D eigenvalue weighted by atomic mass is 9.92. The molecule has 6 nitrogen and oxygen atoms in total. The van der Waals surface area contributed by atoms with Crippen molar-refractivity contribution in [2.45, 2.75) is 45.7 Å². The molecule has 1 amide bonds. The number of fused-ring (bicyclic) bond motifs is 1. The number of benzene rings is 1. The van der Waals surface area contributed by atoms with Crippen molar-refractivity contribution in [2.24, 2.45) is 0 Å². The summed E-state index contributed by atoms with van der Waals surface area (Å²) < 4.78 is 2.22. The number of rotatable bonds is 6. The summed E-state index contributed by atoms with van der Waals surface area (Å²) in [7, 11) is 0. The third-order valence-electron chi connectivity index (χ3n) is 5.41.